The Bertz CT molecular complexity index is 169. The van der Waals surface area contributed by atoms with Crippen LogP contribution in [0.4, 0.5) is 5.69 Å². The van der Waals surface area contributed by atoms with Crippen molar-refractivity contribution in [2.45, 2.75) is 4.90 Å². The number of rotatable bonds is 0. The van der Waals surface area contributed by atoms with Crippen molar-refractivity contribution < 1.29 is 51.4 Å². The van der Waals surface area contributed by atoms with E-state index in [1.807, 2.05) is 18.2 Å². The molecular formula is C6H6KNS. The molecule has 0 aliphatic heterocycles. The van der Waals surface area contributed by atoms with E-state index >= 15 is 0 Å². The maximum Gasteiger partial charge on any atom is 1.00 e. The molecule has 1 aromatic carbocycles. The molecule has 0 aliphatic rings. The van der Waals surface area contributed by atoms with Gasteiger partial charge in [-0.1, -0.05) is 18.2 Å². The second-order valence-corrected chi connectivity index (χ2v) is 1.98. The number of para-hydroxylation sites is 1. The van der Waals surface area contributed by atoms with Crippen LogP contribution in [0.3, 0.4) is 0 Å². The summed E-state index contributed by atoms with van der Waals surface area (Å²) in [4.78, 5) is 0.729. The van der Waals surface area contributed by atoms with E-state index in [0.29, 0.717) is 5.69 Å². The third-order valence-corrected chi connectivity index (χ3v) is 1.29. The predicted octanol–water partition coefficient (Wildman–Crippen LogP) is -1.82. The van der Waals surface area contributed by atoms with Gasteiger partial charge in [-0.05, 0) is 6.07 Å². The second-order valence-electron chi connectivity index (χ2n) is 1.54. The van der Waals surface area contributed by atoms with Crippen LogP contribution in [-0.2, 0) is 12.6 Å². The number of nitrogen functional groups attached to an aromatic ring is 1. The number of benzene rings is 1. The Morgan fingerprint density at radius 2 is 1.78 bits per heavy atom. The predicted molar refractivity (Wildman–Crippen MR) is 36.5 cm³/mol. The summed E-state index contributed by atoms with van der Waals surface area (Å²) < 4.78 is 0. The maximum atomic E-state index is 5.42. The number of hydrogen-bond acceptors (Lipinski definition) is 2. The summed E-state index contributed by atoms with van der Waals surface area (Å²) in [6.45, 7) is 0. The van der Waals surface area contributed by atoms with Gasteiger partial charge < -0.3 is 18.4 Å². The van der Waals surface area contributed by atoms with E-state index in [2.05, 4.69) is 0 Å². The number of nitrogens with two attached hydrogens (primary N) is 1. The molecule has 0 aromatic heterocycles. The molecule has 1 aromatic rings. The average molecular weight is 163 g/mol. The molecule has 1 nitrogen and oxygen atoms in total. The van der Waals surface area contributed by atoms with Crippen molar-refractivity contribution in [2.75, 3.05) is 5.73 Å². The molecule has 0 bridgehead atoms. The van der Waals surface area contributed by atoms with Gasteiger partial charge in [-0.25, -0.2) is 0 Å². The van der Waals surface area contributed by atoms with Crippen molar-refractivity contribution in [3.05, 3.63) is 24.3 Å². The first kappa shape index (κ1) is 9.88. The summed E-state index contributed by atoms with van der Waals surface area (Å²) >= 11 is 4.83. The van der Waals surface area contributed by atoms with Gasteiger partial charge in [0.15, 0.2) is 0 Å². The van der Waals surface area contributed by atoms with Crippen molar-refractivity contribution >= 4 is 18.3 Å². The fourth-order valence-electron chi connectivity index (χ4n) is 0.481. The SMILES string of the molecule is Nc1ccccc1[S-].[K+]. The van der Waals surface area contributed by atoms with E-state index in [4.69, 9.17) is 18.4 Å². The fourth-order valence-corrected chi connectivity index (χ4v) is 0.627. The van der Waals surface area contributed by atoms with Crippen LogP contribution in [0, 0.1) is 0 Å². The number of anilines is 1. The third kappa shape index (κ3) is 2.98. The van der Waals surface area contributed by atoms with Crippen molar-refractivity contribution in [2.24, 2.45) is 0 Å². The molecule has 3 heteroatoms. The van der Waals surface area contributed by atoms with Crippen molar-refractivity contribution in [3.63, 3.8) is 0 Å². The minimum Gasteiger partial charge on any atom is -0.778 e. The molecule has 0 saturated heterocycles. The molecule has 1 rings (SSSR count). The largest absolute Gasteiger partial charge is 1.00 e. The van der Waals surface area contributed by atoms with Crippen LogP contribution in [0.5, 0.6) is 0 Å². The van der Waals surface area contributed by atoms with Crippen molar-refractivity contribution in [1.29, 1.82) is 0 Å². The molecule has 0 amide bonds. The smallest absolute Gasteiger partial charge is 0.778 e. The molecule has 0 unspecified atom stereocenters. The van der Waals surface area contributed by atoms with E-state index in [0.717, 1.165) is 4.90 Å². The van der Waals surface area contributed by atoms with Crippen LogP contribution in [0.15, 0.2) is 29.2 Å². The third-order valence-electron chi connectivity index (χ3n) is 0.919. The van der Waals surface area contributed by atoms with Gasteiger partial charge in [0.05, 0.1) is 0 Å². The molecule has 2 N–H and O–H groups in total. The van der Waals surface area contributed by atoms with Crippen molar-refractivity contribution in [3.8, 4) is 0 Å². The van der Waals surface area contributed by atoms with E-state index in [-0.39, 0.29) is 51.4 Å². The normalized spacial score (nSPS) is 8.00. The maximum absolute atomic E-state index is 5.42. The zero-order valence-corrected chi connectivity index (χ0v) is 9.23. The molecule has 0 heterocycles. The van der Waals surface area contributed by atoms with Crippen LogP contribution < -0.4 is 57.1 Å². The molecule has 9 heavy (non-hydrogen) atoms. The van der Waals surface area contributed by atoms with Gasteiger partial charge in [0.25, 0.3) is 0 Å². The Morgan fingerprint density at radius 1 is 1.22 bits per heavy atom. The Balaban J connectivity index is 0.000000640. The second kappa shape index (κ2) is 4.65. The summed E-state index contributed by atoms with van der Waals surface area (Å²) in [5.74, 6) is 0. The summed E-state index contributed by atoms with van der Waals surface area (Å²) in [5, 5.41) is 0. The quantitative estimate of drug-likeness (QED) is 0.277. The standard InChI is InChI=1S/C6H7NS.K/c7-5-3-1-2-4-6(5)8;/h1-4,8H,7H2;/q;+1/p-1. The average Bonchev–Trinajstić information content (AvgIpc) is 1.77. The first-order chi connectivity index (χ1) is 3.80. The molecule has 0 radical (unpaired) electrons. The van der Waals surface area contributed by atoms with Gasteiger partial charge >= 0.3 is 51.4 Å². The number of hydrogen-bond donors (Lipinski definition) is 1. The van der Waals surface area contributed by atoms with Gasteiger partial charge in [0, 0.05) is 5.69 Å². The van der Waals surface area contributed by atoms with Gasteiger partial charge in [-0.2, -0.15) is 4.90 Å². The summed E-state index contributed by atoms with van der Waals surface area (Å²) in [7, 11) is 0. The first-order valence-corrected chi connectivity index (χ1v) is 2.73. The van der Waals surface area contributed by atoms with Crippen LogP contribution in [0.1, 0.15) is 0 Å². The van der Waals surface area contributed by atoms with Crippen LogP contribution in [-0.4, -0.2) is 0 Å². The summed E-state index contributed by atoms with van der Waals surface area (Å²) in [6.07, 6.45) is 0. The van der Waals surface area contributed by atoms with Gasteiger partial charge in [0.1, 0.15) is 0 Å². The zero-order valence-electron chi connectivity index (χ0n) is 5.29. The van der Waals surface area contributed by atoms with E-state index in [1.54, 1.807) is 6.07 Å². The zero-order chi connectivity index (χ0) is 5.98. The molecular weight excluding hydrogens is 157 g/mol. The minimum atomic E-state index is 0. The molecule has 42 valence electrons. The Labute approximate surface area is 103 Å². The summed E-state index contributed by atoms with van der Waals surface area (Å²) in [6, 6.07) is 7.34. The van der Waals surface area contributed by atoms with Crippen LogP contribution in [0.2, 0.25) is 0 Å². The first-order valence-electron chi connectivity index (χ1n) is 2.32. The van der Waals surface area contributed by atoms with E-state index in [1.165, 1.54) is 0 Å². The van der Waals surface area contributed by atoms with Gasteiger partial charge in [-0.3, -0.25) is 0 Å². The van der Waals surface area contributed by atoms with E-state index < -0.39 is 0 Å². The Kier molecular flexibility index (Phi) is 5.11. The van der Waals surface area contributed by atoms with Gasteiger partial charge in [0.2, 0.25) is 0 Å². The summed E-state index contributed by atoms with van der Waals surface area (Å²) in [5.41, 5.74) is 6.10. The van der Waals surface area contributed by atoms with Crippen molar-refractivity contribution in [1.82, 2.24) is 0 Å². The molecule has 0 spiro atoms. The molecule has 0 aliphatic carbocycles. The van der Waals surface area contributed by atoms with Crippen LogP contribution >= 0.6 is 0 Å². The molecule has 0 saturated carbocycles. The monoisotopic (exact) mass is 163 g/mol. The van der Waals surface area contributed by atoms with Crippen LogP contribution in [0.25, 0.3) is 0 Å². The Hall–Kier alpha value is 0.876. The molecule has 0 fully saturated rings. The molecule has 0 atom stereocenters. The minimum absolute atomic E-state index is 0. The topological polar surface area (TPSA) is 26.0 Å². The van der Waals surface area contributed by atoms with Gasteiger partial charge in [-0.15, -0.1) is 0 Å². The van der Waals surface area contributed by atoms with E-state index in [9.17, 15) is 0 Å². The Morgan fingerprint density at radius 3 is 2.11 bits per heavy atom. The fraction of sp³-hybridized carbons (Fsp3) is 0.